The second-order valence-corrected chi connectivity index (χ2v) is 8.43. The van der Waals surface area contributed by atoms with Gasteiger partial charge in [-0.2, -0.15) is 0 Å². The molecule has 24 heavy (non-hydrogen) atoms. The van der Waals surface area contributed by atoms with Crippen LogP contribution in [-0.2, 0) is 0 Å². The Morgan fingerprint density at radius 1 is 0.917 bits per heavy atom. The normalized spacial score (nSPS) is 26.8. The molecule has 0 amide bonds. The van der Waals surface area contributed by atoms with Crippen LogP contribution in [0.4, 0.5) is 5.69 Å². The number of piperidine rings is 1. The number of hydrogen-bond acceptors (Lipinski definition) is 3. The molecule has 132 valence electrons. The summed E-state index contributed by atoms with van der Waals surface area (Å²) in [4.78, 5) is 7.84. The average Bonchev–Trinajstić information content (AvgIpc) is 3.44. The minimum absolute atomic E-state index is 0.636. The molecular weight excluding hydrogens is 341 g/mol. The number of hydrogen-bond donors (Lipinski definition) is 0. The van der Waals surface area contributed by atoms with E-state index in [0.717, 1.165) is 38.1 Å². The van der Waals surface area contributed by atoms with Crippen molar-refractivity contribution >= 4 is 28.9 Å². The van der Waals surface area contributed by atoms with Crippen molar-refractivity contribution in [3.63, 3.8) is 0 Å². The van der Waals surface area contributed by atoms with Crippen molar-refractivity contribution < 1.29 is 0 Å². The summed E-state index contributed by atoms with van der Waals surface area (Å²) in [6.07, 6.45) is 5.69. The van der Waals surface area contributed by atoms with Gasteiger partial charge in [-0.05, 0) is 56.3 Å². The minimum Gasteiger partial charge on any atom is -0.369 e. The maximum absolute atomic E-state index is 6.16. The molecule has 0 aromatic heterocycles. The first-order valence-corrected chi connectivity index (χ1v) is 10.1. The quantitative estimate of drug-likeness (QED) is 0.796. The molecule has 2 saturated heterocycles. The molecular formula is C19H27Cl2N3. The summed E-state index contributed by atoms with van der Waals surface area (Å²) in [7, 11) is 0. The molecule has 1 aliphatic carbocycles. The van der Waals surface area contributed by atoms with Crippen LogP contribution in [0.3, 0.4) is 0 Å². The smallest absolute Gasteiger partial charge is 0.0612 e. The van der Waals surface area contributed by atoms with Crippen LogP contribution < -0.4 is 4.90 Å². The molecule has 0 spiro atoms. The number of piperazine rings is 1. The van der Waals surface area contributed by atoms with Gasteiger partial charge >= 0.3 is 0 Å². The van der Waals surface area contributed by atoms with Gasteiger partial charge in [0.1, 0.15) is 0 Å². The van der Waals surface area contributed by atoms with Gasteiger partial charge in [-0.25, -0.2) is 0 Å². The first kappa shape index (κ1) is 17.0. The molecule has 3 fully saturated rings. The van der Waals surface area contributed by atoms with Gasteiger partial charge in [-0.15, -0.1) is 0 Å². The van der Waals surface area contributed by atoms with E-state index in [1.807, 2.05) is 12.1 Å². The van der Waals surface area contributed by atoms with Gasteiger partial charge in [0.05, 0.1) is 10.0 Å². The molecule has 5 heteroatoms. The largest absolute Gasteiger partial charge is 0.369 e. The number of benzene rings is 1. The second kappa shape index (κ2) is 7.41. The Morgan fingerprint density at radius 2 is 1.71 bits per heavy atom. The zero-order chi connectivity index (χ0) is 16.5. The molecule has 3 nitrogen and oxygen atoms in total. The molecule has 1 saturated carbocycles. The summed E-state index contributed by atoms with van der Waals surface area (Å²) < 4.78 is 0. The fourth-order valence-corrected chi connectivity index (χ4v) is 4.55. The van der Waals surface area contributed by atoms with E-state index in [2.05, 4.69) is 20.8 Å². The topological polar surface area (TPSA) is 9.72 Å². The van der Waals surface area contributed by atoms with Crippen LogP contribution in [0.1, 0.15) is 25.7 Å². The van der Waals surface area contributed by atoms with E-state index in [1.54, 1.807) is 0 Å². The molecule has 0 bridgehead atoms. The lowest BCUT2D eigenvalue weighted by atomic mass is 9.97. The first-order valence-electron chi connectivity index (χ1n) is 9.35. The van der Waals surface area contributed by atoms with Gasteiger partial charge < -0.3 is 9.80 Å². The lowest BCUT2D eigenvalue weighted by molar-refractivity contribution is 0.124. The van der Waals surface area contributed by atoms with Gasteiger partial charge in [0, 0.05) is 51.0 Å². The van der Waals surface area contributed by atoms with E-state index in [9.17, 15) is 0 Å². The SMILES string of the molecule is Clc1ccc(N2CCN(C[C@@H]3CCCN(C4CC4)C3)CC2)cc1Cl. The second-order valence-electron chi connectivity index (χ2n) is 7.62. The zero-order valence-corrected chi connectivity index (χ0v) is 15.8. The van der Waals surface area contributed by atoms with Gasteiger partial charge in [-0.1, -0.05) is 23.2 Å². The zero-order valence-electron chi connectivity index (χ0n) is 14.3. The van der Waals surface area contributed by atoms with Crippen LogP contribution in [0, 0.1) is 5.92 Å². The summed E-state index contributed by atoms with van der Waals surface area (Å²) in [6.45, 7) is 8.41. The van der Waals surface area contributed by atoms with E-state index < -0.39 is 0 Å². The Balaban J connectivity index is 1.27. The summed E-state index contributed by atoms with van der Waals surface area (Å²) in [6, 6.07) is 6.91. The van der Waals surface area contributed by atoms with Crippen LogP contribution >= 0.6 is 23.2 Å². The van der Waals surface area contributed by atoms with E-state index >= 15 is 0 Å². The average molecular weight is 368 g/mol. The van der Waals surface area contributed by atoms with Gasteiger partial charge in [0.25, 0.3) is 0 Å². The summed E-state index contributed by atoms with van der Waals surface area (Å²) in [5, 5.41) is 1.29. The Kier molecular flexibility index (Phi) is 5.24. The van der Waals surface area contributed by atoms with Gasteiger partial charge in [0.2, 0.25) is 0 Å². The van der Waals surface area contributed by atoms with Crippen molar-refractivity contribution in [2.45, 2.75) is 31.7 Å². The number of halogens is 2. The Hall–Kier alpha value is -0.480. The highest BCUT2D eigenvalue weighted by atomic mass is 35.5. The fraction of sp³-hybridized carbons (Fsp3) is 0.684. The van der Waals surface area contributed by atoms with Crippen molar-refractivity contribution in [1.82, 2.24) is 9.80 Å². The number of likely N-dealkylation sites (tertiary alicyclic amines) is 1. The highest BCUT2D eigenvalue weighted by Crippen LogP contribution is 2.31. The number of rotatable bonds is 4. The fourth-order valence-electron chi connectivity index (χ4n) is 4.25. The number of anilines is 1. The molecule has 1 aromatic rings. The Labute approximate surface area is 155 Å². The molecule has 0 N–H and O–H groups in total. The molecule has 4 rings (SSSR count). The van der Waals surface area contributed by atoms with Crippen molar-refractivity contribution in [3.05, 3.63) is 28.2 Å². The Bertz CT molecular complexity index is 568. The monoisotopic (exact) mass is 367 g/mol. The lowest BCUT2D eigenvalue weighted by Gasteiger charge is -2.40. The van der Waals surface area contributed by atoms with Crippen molar-refractivity contribution in [3.8, 4) is 0 Å². The molecule has 0 radical (unpaired) electrons. The maximum atomic E-state index is 6.16. The predicted octanol–water partition coefficient (Wildman–Crippen LogP) is 3.99. The van der Waals surface area contributed by atoms with Crippen molar-refractivity contribution in [2.75, 3.05) is 50.7 Å². The summed E-state index contributed by atoms with van der Waals surface area (Å²) in [5.74, 6) is 0.871. The third kappa shape index (κ3) is 4.01. The number of nitrogens with zero attached hydrogens (tertiary/aromatic N) is 3. The standard InChI is InChI=1S/C19H27Cl2N3/c20-18-6-5-17(12-19(18)21)23-10-8-22(9-11-23)13-15-2-1-7-24(14-15)16-3-4-16/h5-6,12,15-16H,1-4,7-11,13-14H2/t15-/m0/s1. The maximum Gasteiger partial charge on any atom is 0.0612 e. The molecule has 3 aliphatic rings. The van der Waals surface area contributed by atoms with Crippen molar-refractivity contribution in [1.29, 1.82) is 0 Å². The van der Waals surface area contributed by atoms with Crippen LogP contribution in [0.5, 0.6) is 0 Å². The van der Waals surface area contributed by atoms with Crippen molar-refractivity contribution in [2.24, 2.45) is 5.92 Å². The predicted molar refractivity (Wildman–Crippen MR) is 102 cm³/mol. The summed E-state index contributed by atoms with van der Waals surface area (Å²) >= 11 is 12.2. The van der Waals surface area contributed by atoms with Gasteiger partial charge in [0.15, 0.2) is 0 Å². The highest BCUT2D eigenvalue weighted by molar-refractivity contribution is 6.42. The molecule has 2 heterocycles. The van der Waals surface area contributed by atoms with E-state index in [-0.39, 0.29) is 0 Å². The van der Waals surface area contributed by atoms with Crippen LogP contribution in [0.15, 0.2) is 18.2 Å². The first-order chi connectivity index (χ1) is 11.7. The van der Waals surface area contributed by atoms with Crippen LogP contribution in [-0.4, -0.2) is 61.7 Å². The minimum atomic E-state index is 0.636. The highest BCUT2D eigenvalue weighted by Gasteiger charge is 2.33. The lowest BCUT2D eigenvalue weighted by Crippen LogP contribution is -2.49. The van der Waals surface area contributed by atoms with E-state index in [1.165, 1.54) is 51.0 Å². The van der Waals surface area contributed by atoms with E-state index in [0.29, 0.717) is 10.0 Å². The molecule has 2 aliphatic heterocycles. The third-order valence-corrected chi connectivity index (χ3v) is 6.51. The van der Waals surface area contributed by atoms with Crippen LogP contribution in [0.25, 0.3) is 0 Å². The Morgan fingerprint density at radius 3 is 2.42 bits per heavy atom. The van der Waals surface area contributed by atoms with Crippen LogP contribution in [0.2, 0.25) is 10.0 Å². The van der Waals surface area contributed by atoms with Gasteiger partial charge in [-0.3, -0.25) is 4.90 Å². The third-order valence-electron chi connectivity index (χ3n) is 5.77. The molecule has 1 aromatic carbocycles. The summed E-state index contributed by atoms with van der Waals surface area (Å²) in [5.41, 5.74) is 1.20. The molecule has 0 unspecified atom stereocenters. The van der Waals surface area contributed by atoms with E-state index in [4.69, 9.17) is 23.2 Å². The molecule has 1 atom stereocenters.